The quantitative estimate of drug-likeness (QED) is 0.203. The maximum Gasteiger partial charge on any atom is 1.00 e. The molecule has 0 rings (SSSR count). The molecular weight excluding hydrogens is 378 g/mol. The first-order valence-corrected chi connectivity index (χ1v) is 5.37. The summed E-state index contributed by atoms with van der Waals surface area (Å²) in [6.45, 7) is 0. The fourth-order valence-electron chi connectivity index (χ4n) is 1.91. The van der Waals surface area contributed by atoms with Gasteiger partial charge in [-0.3, -0.25) is 19.2 Å². The molecule has 0 aromatic carbocycles. The summed E-state index contributed by atoms with van der Waals surface area (Å²) in [5.74, 6) is -6.06. The fraction of sp³-hybridized carbons (Fsp3) is 0.600. The van der Waals surface area contributed by atoms with Crippen molar-refractivity contribution < 1.29 is 119 Å². The summed E-state index contributed by atoms with van der Waals surface area (Å²) in [6.07, 6.45) is -3.90. The number of hydrogen-bond donors (Lipinski definition) is 6. The number of aliphatic carboxylic acids is 4. The van der Waals surface area contributed by atoms with Crippen LogP contribution in [0.2, 0.25) is 0 Å². The number of rotatable bonds is 9. The molecule has 0 saturated heterocycles. The molecule has 0 atom stereocenters. The van der Waals surface area contributed by atoms with Gasteiger partial charge in [-0.15, -0.1) is 0 Å². The Kier molecular flexibility index (Phi) is 17.1. The molecule has 126 valence electrons. The maximum atomic E-state index is 10.8. The van der Waals surface area contributed by atoms with Crippen LogP contribution < -0.4 is 70.6 Å². The van der Waals surface area contributed by atoms with Crippen molar-refractivity contribution in [1.29, 1.82) is 0 Å². The van der Waals surface area contributed by atoms with Gasteiger partial charge in [0, 0.05) is 17.1 Å². The molecule has 0 aliphatic carbocycles. The summed E-state index contributed by atoms with van der Waals surface area (Å²) in [4.78, 5) is 43.2. The van der Waals surface area contributed by atoms with E-state index in [-0.39, 0.29) is 79.0 Å². The zero-order chi connectivity index (χ0) is 16.1. The van der Waals surface area contributed by atoms with Crippen molar-refractivity contribution in [3.8, 4) is 0 Å². The van der Waals surface area contributed by atoms with Crippen molar-refractivity contribution in [3.05, 3.63) is 0 Å². The Morgan fingerprint density at radius 1 is 0.652 bits per heavy atom. The molecule has 8 N–H and O–H groups in total. The largest absolute Gasteiger partial charge is 1.00 e. The first kappa shape index (κ1) is 31.1. The van der Waals surface area contributed by atoms with Gasteiger partial charge in [0.25, 0.3) is 0 Å². The number of hydrogen-bond acceptors (Lipinski definition) is 6. The molecule has 0 aromatic rings. The summed E-state index contributed by atoms with van der Waals surface area (Å²) in [7, 11) is 0. The van der Waals surface area contributed by atoms with Crippen molar-refractivity contribution in [2.24, 2.45) is 11.5 Å². The van der Waals surface area contributed by atoms with Crippen molar-refractivity contribution in [2.75, 3.05) is 0 Å². The van der Waals surface area contributed by atoms with Crippen molar-refractivity contribution in [3.63, 3.8) is 0 Å². The molecule has 0 aliphatic rings. The van der Waals surface area contributed by atoms with E-state index < -0.39 is 60.6 Å². The van der Waals surface area contributed by atoms with E-state index in [9.17, 15) is 19.2 Å². The average molecular weight is 396 g/mol. The predicted octanol–water partition coefficient (Wildman–Crippen LogP) is -7.49. The van der Waals surface area contributed by atoms with Crippen LogP contribution in [0.4, 0.5) is 0 Å². The number of carboxylic acid groups (broad SMARTS) is 4. The first-order chi connectivity index (χ1) is 8.92. The zero-order valence-electron chi connectivity index (χ0n) is 14.8. The Labute approximate surface area is 189 Å². The first-order valence-electron chi connectivity index (χ1n) is 5.37. The van der Waals surface area contributed by atoms with E-state index >= 15 is 0 Å². The number of carbonyl (C=O) groups is 4. The van der Waals surface area contributed by atoms with Crippen LogP contribution in [-0.4, -0.2) is 55.4 Å². The Morgan fingerprint density at radius 2 is 0.783 bits per heavy atom. The van der Waals surface area contributed by atoms with Gasteiger partial charge in [0.2, 0.25) is 0 Å². The van der Waals surface area contributed by atoms with Crippen LogP contribution in [0.1, 0.15) is 28.5 Å². The zero-order valence-corrected chi connectivity index (χ0v) is 17.9. The Bertz CT molecular complexity index is 387. The van der Waals surface area contributed by atoms with Gasteiger partial charge >= 0.3 is 83.0 Å². The summed E-state index contributed by atoms with van der Waals surface area (Å²) >= 11 is 0. The summed E-state index contributed by atoms with van der Waals surface area (Å²) in [5, 5.41) is 35.1. The SMILES string of the molecule is NC(CC(=O)O)(CC(=O)O)C(N)(CC(=O)O)CC(=O)O.[Fe].[H-].[H-].[Na+].[Na+]. The maximum absolute atomic E-state index is 10.8. The van der Waals surface area contributed by atoms with E-state index in [0.29, 0.717) is 0 Å². The molecule has 0 saturated carbocycles. The van der Waals surface area contributed by atoms with E-state index in [1.807, 2.05) is 0 Å². The van der Waals surface area contributed by atoms with Gasteiger partial charge < -0.3 is 34.7 Å². The molecule has 13 heteroatoms. The third-order valence-electron chi connectivity index (χ3n) is 2.86. The van der Waals surface area contributed by atoms with E-state index in [0.717, 1.165) is 0 Å². The van der Waals surface area contributed by atoms with E-state index in [2.05, 4.69) is 0 Å². The standard InChI is InChI=1S/C10H16N2O8.Fe.2Na.2H/c11-9(1-5(13)14,2-6(15)16)10(12,3-7(17)18)4-8(19)20;;;;;/h1-4,11-12H2,(H,13,14)(H,15,16)(H,17,18)(H,19,20);;;;;/q;;2*+1;2*-1. The van der Waals surface area contributed by atoms with Gasteiger partial charge in [-0.05, 0) is 0 Å². The molecule has 10 nitrogen and oxygen atoms in total. The predicted molar refractivity (Wildman–Crippen MR) is 65.1 cm³/mol. The Hall–Kier alpha value is 0.319. The number of carboxylic acids is 4. The molecule has 0 bridgehead atoms. The monoisotopic (exact) mass is 396 g/mol. The molecule has 23 heavy (non-hydrogen) atoms. The molecule has 0 unspecified atom stereocenters. The molecule has 0 aromatic heterocycles. The van der Waals surface area contributed by atoms with Gasteiger partial charge in [0.15, 0.2) is 0 Å². The minimum absolute atomic E-state index is 0. The molecule has 0 aliphatic heterocycles. The van der Waals surface area contributed by atoms with Crippen LogP contribution in [0.15, 0.2) is 0 Å². The molecule has 0 radical (unpaired) electrons. The molecule has 0 spiro atoms. The molecule has 0 amide bonds. The normalized spacial score (nSPS) is 10.3. The van der Waals surface area contributed by atoms with E-state index in [1.165, 1.54) is 0 Å². The fourth-order valence-corrected chi connectivity index (χ4v) is 1.91. The van der Waals surface area contributed by atoms with E-state index in [1.54, 1.807) is 0 Å². The summed E-state index contributed by atoms with van der Waals surface area (Å²) in [5.41, 5.74) is 6.88. The third-order valence-corrected chi connectivity index (χ3v) is 2.86. The van der Waals surface area contributed by atoms with Crippen molar-refractivity contribution in [2.45, 2.75) is 36.8 Å². The van der Waals surface area contributed by atoms with Crippen LogP contribution in [0.25, 0.3) is 0 Å². The van der Waals surface area contributed by atoms with Gasteiger partial charge in [0.1, 0.15) is 0 Å². The van der Waals surface area contributed by atoms with Crippen LogP contribution >= 0.6 is 0 Å². The summed E-state index contributed by atoms with van der Waals surface area (Å²) in [6, 6.07) is 0. The van der Waals surface area contributed by atoms with Crippen LogP contribution in [0, 0.1) is 0 Å². The van der Waals surface area contributed by atoms with Crippen LogP contribution in [-0.2, 0) is 36.2 Å². The second-order valence-electron chi connectivity index (χ2n) is 4.59. The molecule has 0 fully saturated rings. The van der Waals surface area contributed by atoms with Gasteiger partial charge in [-0.25, -0.2) is 0 Å². The van der Waals surface area contributed by atoms with Crippen molar-refractivity contribution in [1.82, 2.24) is 0 Å². The van der Waals surface area contributed by atoms with Gasteiger partial charge in [-0.1, -0.05) is 0 Å². The smallest absolute Gasteiger partial charge is 1.00 e. The topological polar surface area (TPSA) is 201 Å². The molecule has 0 heterocycles. The minimum atomic E-state index is -2.22. The Morgan fingerprint density at radius 3 is 0.870 bits per heavy atom. The second-order valence-corrected chi connectivity index (χ2v) is 4.59. The third kappa shape index (κ3) is 10.7. The minimum Gasteiger partial charge on any atom is -1.00 e. The number of nitrogens with two attached hydrogens (primary N) is 2. The Balaban J connectivity index is -0.000000180. The van der Waals surface area contributed by atoms with Gasteiger partial charge in [-0.2, -0.15) is 0 Å². The average Bonchev–Trinajstić information content (AvgIpc) is 2.10. The van der Waals surface area contributed by atoms with Crippen LogP contribution in [0.3, 0.4) is 0 Å². The molecular formula is C10H18FeN2Na2O8. The van der Waals surface area contributed by atoms with E-state index in [4.69, 9.17) is 31.9 Å². The summed E-state index contributed by atoms with van der Waals surface area (Å²) < 4.78 is 0. The van der Waals surface area contributed by atoms with Crippen molar-refractivity contribution >= 4 is 23.9 Å². The van der Waals surface area contributed by atoms with Crippen LogP contribution in [0.5, 0.6) is 0 Å². The second kappa shape index (κ2) is 12.6. The van der Waals surface area contributed by atoms with Gasteiger partial charge in [0.05, 0.1) is 36.8 Å².